The summed E-state index contributed by atoms with van der Waals surface area (Å²) in [6.07, 6.45) is 0.761. The molecular weight excluding hydrogens is 355 g/mol. The fourth-order valence-corrected chi connectivity index (χ4v) is 4.47. The number of carbonyl (C=O) groups excluding carboxylic acids is 1. The van der Waals surface area contributed by atoms with Gasteiger partial charge in [-0.05, 0) is 42.2 Å². The highest BCUT2D eigenvalue weighted by atomic mass is 32.2. The standard InChI is InChI=1S/C19H21FN2O3S/c1-14(21-26(24,25)13-15-6-8-18(20)9-7-15)19(23)22-11-10-16-4-2-3-5-17(16)12-22/h2-9,14,21H,10-13H2,1H3/t14-/m1/s1. The summed E-state index contributed by atoms with van der Waals surface area (Å²) in [6.45, 7) is 2.60. The SMILES string of the molecule is C[C@@H](NS(=O)(=O)Cc1ccc(F)cc1)C(=O)N1CCc2ccccc2C1. The van der Waals surface area contributed by atoms with E-state index in [4.69, 9.17) is 0 Å². The van der Waals surface area contributed by atoms with E-state index in [9.17, 15) is 17.6 Å². The summed E-state index contributed by atoms with van der Waals surface area (Å²) in [7, 11) is -3.71. The van der Waals surface area contributed by atoms with Crippen LogP contribution >= 0.6 is 0 Å². The number of hydrogen-bond donors (Lipinski definition) is 1. The van der Waals surface area contributed by atoms with E-state index >= 15 is 0 Å². The highest BCUT2D eigenvalue weighted by Crippen LogP contribution is 2.19. The molecule has 0 saturated carbocycles. The number of benzene rings is 2. The van der Waals surface area contributed by atoms with Crippen LogP contribution in [-0.2, 0) is 33.5 Å². The number of nitrogens with one attached hydrogen (secondary N) is 1. The van der Waals surface area contributed by atoms with Gasteiger partial charge in [0.15, 0.2) is 0 Å². The molecule has 0 unspecified atom stereocenters. The van der Waals surface area contributed by atoms with Crippen LogP contribution in [0.4, 0.5) is 4.39 Å². The molecule has 138 valence electrons. The van der Waals surface area contributed by atoms with Gasteiger partial charge in [0.1, 0.15) is 5.82 Å². The van der Waals surface area contributed by atoms with Crippen molar-refractivity contribution in [3.63, 3.8) is 0 Å². The molecule has 1 aliphatic heterocycles. The first-order valence-corrected chi connectivity index (χ1v) is 10.1. The maximum Gasteiger partial charge on any atom is 0.240 e. The summed E-state index contributed by atoms with van der Waals surface area (Å²) in [5, 5.41) is 0. The summed E-state index contributed by atoms with van der Waals surface area (Å²) in [5.41, 5.74) is 2.78. The zero-order valence-corrected chi connectivity index (χ0v) is 15.3. The molecule has 1 heterocycles. The number of carbonyl (C=O) groups is 1. The minimum absolute atomic E-state index is 0.248. The van der Waals surface area contributed by atoms with Crippen LogP contribution in [-0.4, -0.2) is 31.8 Å². The third-order valence-corrected chi connectivity index (χ3v) is 5.87. The van der Waals surface area contributed by atoms with Crippen molar-refractivity contribution in [3.05, 3.63) is 71.0 Å². The molecule has 1 amide bonds. The van der Waals surface area contributed by atoms with Crippen molar-refractivity contribution in [3.8, 4) is 0 Å². The van der Waals surface area contributed by atoms with Crippen molar-refractivity contribution < 1.29 is 17.6 Å². The largest absolute Gasteiger partial charge is 0.337 e. The van der Waals surface area contributed by atoms with Crippen LogP contribution in [0.1, 0.15) is 23.6 Å². The van der Waals surface area contributed by atoms with Crippen LogP contribution in [0.15, 0.2) is 48.5 Å². The molecule has 0 spiro atoms. The van der Waals surface area contributed by atoms with E-state index in [1.165, 1.54) is 29.8 Å². The average molecular weight is 376 g/mol. The molecule has 1 N–H and O–H groups in total. The zero-order chi connectivity index (χ0) is 18.7. The molecule has 1 atom stereocenters. The zero-order valence-electron chi connectivity index (χ0n) is 14.5. The Kier molecular flexibility index (Phi) is 5.38. The van der Waals surface area contributed by atoms with Crippen LogP contribution in [0.25, 0.3) is 0 Å². The summed E-state index contributed by atoms with van der Waals surface area (Å²) >= 11 is 0. The number of sulfonamides is 1. The van der Waals surface area contributed by atoms with Gasteiger partial charge in [0, 0.05) is 13.1 Å². The molecule has 7 heteroatoms. The van der Waals surface area contributed by atoms with E-state index in [2.05, 4.69) is 4.72 Å². The molecular formula is C19H21FN2O3S. The van der Waals surface area contributed by atoms with Crippen LogP contribution < -0.4 is 4.72 Å². The van der Waals surface area contributed by atoms with Gasteiger partial charge in [-0.2, -0.15) is 0 Å². The Morgan fingerprint density at radius 2 is 1.81 bits per heavy atom. The smallest absolute Gasteiger partial charge is 0.240 e. The Hall–Kier alpha value is -2.25. The summed E-state index contributed by atoms with van der Waals surface area (Å²) in [4.78, 5) is 14.3. The predicted molar refractivity (Wildman–Crippen MR) is 97.2 cm³/mol. The van der Waals surface area contributed by atoms with Gasteiger partial charge in [-0.15, -0.1) is 0 Å². The van der Waals surface area contributed by atoms with Crippen LogP contribution in [0.3, 0.4) is 0 Å². The Labute approximate surface area is 152 Å². The minimum atomic E-state index is -3.71. The Bertz CT molecular complexity index is 897. The van der Waals surface area contributed by atoms with Crippen molar-refractivity contribution in [1.29, 1.82) is 0 Å². The average Bonchev–Trinajstić information content (AvgIpc) is 2.62. The fraction of sp³-hybridized carbons (Fsp3) is 0.316. The van der Waals surface area contributed by atoms with E-state index in [0.29, 0.717) is 18.7 Å². The topological polar surface area (TPSA) is 66.5 Å². The molecule has 3 rings (SSSR count). The van der Waals surface area contributed by atoms with Crippen LogP contribution in [0, 0.1) is 5.82 Å². The lowest BCUT2D eigenvalue weighted by atomic mass is 9.99. The lowest BCUT2D eigenvalue weighted by molar-refractivity contribution is -0.133. The van der Waals surface area contributed by atoms with Gasteiger partial charge in [0.25, 0.3) is 0 Å². The molecule has 5 nitrogen and oxygen atoms in total. The molecule has 0 radical (unpaired) electrons. The summed E-state index contributed by atoms with van der Waals surface area (Å²) in [6, 6.07) is 12.3. The minimum Gasteiger partial charge on any atom is -0.337 e. The van der Waals surface area contributed by atoms with Gasteiger partial charge in [-0.3, -0.25) is 4.79 Å². The second kappa shape index (κ2) is 7.55. The lowest BCUT2D eigenvalue weighted by Gasteiger charge is -2.31. The Morgan fingerprint density at radius 1 is 1.15 bits per heavy atom. The molecule has 0 aliphatic carbocycles. The quantitative estimate of drug-likeness (QED) is 0.870. The van der Waals surface area contributed by atoms with Gasteiger partial charge >= 0.3 is 0 Å². The highest BCUT2D eigenvalue weighted by molar-refractivity contribution is 7.88. The Morgan fingerprint density at radius 3 is 2.50 bits per heavy atom. The highest BCUT2D eigenvalue weighted by Gasteiger charge is 2.27. The van der Waals surface area contributed by atoms with Crippen molar-refractivity contribution in [2.24, 2.45) is 0 Å². The maximum atomic E-state index is 12.9. The number of halogens is 1. The lowest BCUT2D eigenvalue weighted by Crippen LogP contribution is -2.48. The predicted octanol–water partition coefficient (Wildman–Crippen LogP) is 2.22. The molecule has 2 aromatic rings. The first-order valence-electron chi connectivity index (χ1n) is 8.44. The van der Waals surface area contributed by atoms with E-state index in [0.717, 1.165) is 12.0 Å². The van der Waals surface area contributed by atoms with E-state index in [1.807, 2.05) is 24.3 Å². The van der Waals surface area contributed by atoms with Crippen molar-refractivity contribution in [2.45, 2.75) is 31.7 Å². The van der Waals surface area contributed by atoms with Crippen LogP contribution in [0.5, 0.6) is 0 Å². The van der Waals surface area contributed by atoms with Crippen molar-refractivity contribution in [2.75, 3.05) is 6.54 Å². The first-order chi connectivity index (χ1) is 12.3. The number of rotatable bonds is 5. The van der Waals surface area contributed by atoms with E-state index < -0.39 is 21.9 Å². The molecule has 0 saturated heterocycles. The van der Waals surface area contributed by atoms with Crippen molar-refractivity contribution >= 4 is 15.9 Å². The number of hydrogen-bond acceptors (Lipinski definition) is 3. The molecule has 1 aliphatic rings. The second-order valence-electron chi connectivity index (χ2n) is 6.50. The first kappa shape index (κ1) is 18.5. The van der Waals surface area contributed by atoms with Gasteiger partial charge in [0.2, 0.25) is 15.9 Å². The second-order valence-corrected chi connectivity index (χ2v) is 8.26. The van der Waals surface area contributed by atoms with E-state index in [-0.39, 0.29) is 11.7 Å². The van der Waals surface area contributed by atoms with Gasteiger partial charge in [-0.25, -0.2) is 17.5 Å². The molecule has 0 bridgehead atoms. The Balaban J connectivity index is 1.62. The normalized spacial score (nSPS) is 15.4. The third kappa shape index (κ3) is 4.47. The van der Waals surface area contributed by atoms with Gasteiger partial charge in [-0.1, -0.05) is 36.4 Å². The fourth-order valence-electron chi connectivity index (χ4n) is 3.12. The third-order valence-electron chi connectivity index (χ3n) is 4.44. The number of fused-ring (bicyclic) bond motifs is 1. The molecule has 0 fully saturated rings. The summed E-state index contributed by atoms with van der Waals surface area (Å²) < 4.78 is 40.0. The van der Waals surface area contributed by atoms with E-state index in [1.54, 1.807) is 11.8 Å². The molecule has 26 heavy (non-hydrogen) atoms. The number of amides is 1. The maximum absolute atomic E-state index is 12.9. The summed E-state index contributed by atoms with van der Waals surface area (Å²) in [5.74, 6) is -0.969. The number of nitrogens with zero attached hydrogens (tertiary/aromatic N) is 1. The molecule has 2 aromatic carbocycles. The molecule has 0 aromatic heterocycles. The monoisotopic (exact) mass is 376 g/mol. The van der Waals surface area contributed by atoms with Gasteiger partial charge < -0.3 is 4.90 Å². The van der Waals surface area contributed by atoms with Gasteiger partial charge in [0.05, 0.1) is 11.8 Å². The van der Waals surface area contributed by atoms with Crippen LogP contribution in [0.2, 0.25) is 0 Å². The van der Waals surface area contributed by atoms with Crippen molar-refractivity contribution in [1.82, 2.24) is 9.62 Å².